The minimum Gasteiger partial charge on any atom is -0.496 e. The van der Waals surface area contributed by atoms with Gasteiger partial charge in [-0.15, -0.1) is 0 Å². The number of ketones is 1. The van der Waals surface area contributed by atoms with Gasteiger partial charge < -0.3 is 10.1 Å². The number of ether oxygens (including phenoxy) is 1. The van der Waals surface area contributed by atoms with Crippen molar-refractivity contribution >= 4 is 11.7 Å². The molecule has 3 aliphatic carbocycles. The summed E-state index contributed by atoms with van der Waals surface area (Å²) < 4.78 is 5.49. The predicted molar refractivity (Wildman–Crippen MR) is 162 cm³/mol. The second-order valence-electron chi connectivity index (χ2n) is 13.0. The van der Waals surface area contributed by atoms with Crippen LogP contribution in [0.15, 0.2) is 85.2 Å². The summed E-state index contributed by atoms with van der Waals surface area (Å²) in [5, 5.41) is 3.62. The highest BCUT2D eigenvalue weighted by Crippen LogP contribution is 2.63. The molecule has 1 aromatic carbocycles. The second-order valence-corrected chi connectivity index (χ2v) is 13.0. The van der Waals surface area contributed by atoms with E-state index in [-0.39, 0.29) is 11.7 Å². The van der Waals surface area contributed by atoms with E-state index < -0.39 is 5.54 Å². The molecule has 4 aliphatic rings. The van der Waals surface area contributed by atoms with Gasteiger partial charge in [-0.2, -0.15) is 0 Å². The molecule has 3 aromatic rings. The van der Waals surface area contributed by atoms with Crippen LogP contribution in [0, 0.1) is 29.1 Å². The summed E-state index contributed by atoms with van der Waals surface area (Å²) >= 11 is 0. The van der Waals surface area contributed by atoms with Crippen LogP contribution in [0.1, 0.15) is 55.1 Å². The number of nitrogens with zero attached hydrogens (tertiary/aromatic N) is 3. The molecule has 0 radical (unpaired) electrons. The fourth-order valence-corrected chi connectivity index (χ4v) is 7.81. The summed E-state index contributed by atoms with van der Waals surface area (Å²) in [6, 6.07) is 15.0. The average molecular weight is 565 g/mol. The van der Waals surface area contributed by atoms with Crippen molar-refractivity contribution in [3.05, 3.63) is 102 Å². The first kappa shape index (κ1) is 28.1. The van der Waals surface area contributed by atoms with Crippen LogP contribution in [0.5, 0.6) is 5.75 Å². The number of pyridine rings is 2. The first-order valence-corrected chi connectivity index (χ1v) is 15.0. The van der Waals surface area contributed by atoms with Crippen LogP contribution in [0.3, 0.4) is 0 Å². The number of hydrogen-bond acceptors (Lipinski definition) is 6. The SMILES string of the molecule is COc1ccccc1C(=O)C=C1NC(Cc2ccncc2)(Cc2ccncc2)C(=O)N1CC1CC2CC(C1C)C2(C)C. The summed E-state index contributed by atoms with van der Waals surface area (Å²) in [6.45, 7) is 7.74. The van der Waals surface area contributed by atoms with Crippen LogP contribution < -0.4 is 10.1 Å². The van der Waals surface area contributed by atoms with Crippen LogP contribution in [-0.2, 0) is 17.6 Å². The molecule has 4 unspecified atom stereocenters. The van der Waals surface area contributed by atoms with Gasteiger partial charge in [-0.25, -0.2) is 0 Å². The predicted octanol–water partition coefficient (Wildman–Crippen LogP) is 5.48. The molecular weight excluding hydrogens is 524 g/mol. The van der Waals surface area contributed by atoms with E-state index in [1.54, 1.807) is 50.1 Å². The highest BCUT2D eigenvalue weighted by atomic mass is 16.5. The van der Waals surface area contributed by atoms with Crippen LogP contribution in [0.2, 0.25) is 0 Å². The molecule has 3 heterocycles. The summed E-state index contributed by atoms with van der Waals surface area (Å²) in [6.07, 6.45) is 11.9. The number of rotatable bonds is 9. The number of benzene rings is 1. The Hall–Kier alpha value is -4.00. The fraction of sp³-hybridized carbons (Fsp3) is 0.429. The Morgan fingerprint density at radius 1 is 1.00 bits per heavy atom. The lowest BCUT2D eigenvalue weighted by atomic mass is 9.43. The molecule has 0 spiro atoms. The summed E-state index contributed by atoms with van der Waals surface area (Å²) in [7, 11) is 1.56. The molecule has 2 bridgehead atoms. The molecule has 7 rings (SSSR count). The number of carbonyl (C=O) groups is 2. The highest BCUT2D eigenvalue weighted by Gasteiger charge is 2.57. The second kappa shape index (κ2) is 11.0. The molecule has 4 fully saturated rings. The van der Waals surface area contributed by atoms with Gasteiger partial charge in [0.25, 0.3) is 5.91 Å². The van der Waals surface area contributed by atoms with Crippen molar-refractivity contribution in [2.45, 2.75) is 52.0 Å². The molecule has 42 heavy (non-hydrogen) atoms. The maximum Gasteiger partial charge on any atom is 0.254 e. The van der Waals surface area contributed by atoms with Crippen molar-refractivity contribution in [3.8, 4) is 5.75 Å². The normalized spacial score (nSPS) is 26.4. The number of para-hydroxylation sites is 1. The van der Waals surface area contributed by atoms with Gasteiger partial charge in [-0.3, -0.25) is 24.5 Å². The van der Waals surface area contributed by atoms with Gasteiger partial charge in [-0.1, -0.05) is 32.9 Å². The molecule has 7 heteroatoms. The number of fused-ring (bicyclic) bond motifs is 2. The van der Waals surface area contributed by atoms with Gasteiger partial charge >= 0.3 is 0 Å². The van der Waals surface area contributed by atoms with E-state index in [4.69, 9.17) is 4.74 Å². The Balaban J connectivity index is 1.39. The van der Waals surface area contributed by atoms with Crippen molar-refractivity contribution in [1.82, 2.24) is 20.2 Å². The Kier molecular flexibility index (Phi) is 7.37. The molecule has 3 saturated carbocycles. The van der Waals surface area contributed by atoms with E-state index in [1.807, 2.05) is 41.3 Å². The quantitative estimate of drug-likeness (QED) is 0.274. The summed E-state index contributed by atoms with van der Waals surface area (Å²) in [4.78, 5) is 38.7. The van der Waals surface area contributed by atoms with E-state index in [0.717, 1.165) is 17.5 Å². The molecule has 218 valence electrons. The maximum absolute atomic E-state index is 14.7. The lowest BCUT2D eigenvalue weighted by molar-refractivity contribution is -0.142. The van der Waals surface area contributed by atoms with Crippen LogP contribution >= 0.6 is 0 Å². The monoisotopic (exact) mass is 564 g/mol. The molecule has 1 amide bonds. The Bertz CT molecular complexity index is 1440. The first-order valence-electron chi connectivity index (χ1n) is 15.0. The van der Waals surface area contributed by atoms with Gasteiger partial charge in [0.05, 0.1) is 12.7 Å². The minimum absolute atomic E-state index is 0.000841. The van der Waals surface area contributed by atoms with Crippen molar-refractivity contribution in [3.63, 3.8) is 0 Å². The highest BCUT2D eigenvalue weighted by molar-refractivity contribution is 6.07. The van der Waals surface area contributed by atoms with E-state index in [2.05, 4.69) is 36.1 Å². The number of methoxy groups -OCH3 is 1. The van der Waals surface area contributed by atoms with E-state index in [9.17, 15) is 9.59 Å². The first-order chi connectivity index (χ1) is 20.2. The van der Waals surface area contributed by atoms with Gasteiger partial charge in [0.1, 0.15) is 17.1 Å². The topological polar surface area (TPSA) is 84.4 Å². The minimum atomic E-state index is -0.963. The molecule has 7 nitrogen and oxygen atoms in total. The number of allylic oxidation sites excluding steroid dienone is 1. The third kappa shape index (κ3) is 4.99. The molecule has 2 aromatic heterocycles. The van der Waals surface area contributed by atoms with Gasteiger partial charge in [0.15, 0.2) is 5.78 Å². The van der Waals surface area contributed by atoms with Crippen LogP contribution in [0.4, 0.5) is 0 Å². The van der Waals surface area contributed by atoms with Gasteiger partial charge in [0.2, 0.25) is 0 Å². The van der Waals surface area contributed by atoms with Crippen molar-refractivity contribution in [2.75, 3.05) is 13.7 Å². The molecule has 1 saturated heterocycles. The third-order valence-electron chi connectivity index (χ3n) is 10.4. The zero-order valence-corrected chi connectivity index (χ0v) is 24.9. The standard InChI is InChI=1S/C35H40N4O3/c1-23-26(17-27-18-29(23)34(27,2)3)22-39-32(19-30(40)28-7-5-6-8-31(28)42-4)38-35(33(39)41,20-24-9-13-36-14-10-24)21-25-11-15-37-16-12-25/h5-16,19,23,26-27,29,38H,17-18,20-22H2,1-4H3. The van der Waals surface area contributed by atoms with E-state index in [1.165, 1.54) is 6.42 Å². The zero-order chi connectivity index (χ0) is 29.5. The zero-order valence-electron chi connectivity index (χ0n) is 24.9. The summed E-state index contributed by atoms with van der Waals surface area (Å²) in [5.74, 6) is 3.08. The number of carbonyl (C=O) groups excluding carboxylic acids is 2. The molecule has 1 N–H and O–H groups in total. The van der Waals surface area contributed by atoms with Gasteiger partial charge in [-0.05, 0) is 89.5 Å². The van der Waals surface area contributed by atoms with E-state index in [0.29, 0.717) is 65.6 Å². The Morgan fingerprint density at radius 2 is 1.62 bits per heavy atom. The smallest absolute Gasteiger partial charge is 0.254 e. The lowest BCUT2D eigenvalue weighted by Crippen LogP contribution is -2.57. The number of amides is 1. The third-order valence-corrected chi connectivity index (χ3v) is 10.4. The number of aromatic nitrogens is 2. The van der Waals surface area contributed by atoms with Crippen molar-refractivity contribution < 1.29 is 14.3 Å². The van der Waals surface area contributed by atoms with Crippen molar-refractivity contribution in [1.29, 1.82) is 0 Å². The number of nitrogens with one attached hydrogen (secondary N) is 1. The summed E-state index contributed by atoms with van der Waals surface area (Å²) in [5.41, 5.74) is 1.87. The molecule has 1 aliphatic heterocycles. The number of hydrogen-bond donors (Lipinski definition) is 1. The van der Waals surface area contributed by atoms with Crippen LogP contribution in [-0.4, -0.2) is 45.8 Å². The fourth-order valence-electron chi connectivity index (χ4n) is 7.81. The molecule has 4 atom stereocenters. The van der Waals surface area contributed by atoms with Gasteiger partial charge in [0, 0.05) is 50.2 Å². The molecular formula is C35H40N4O3. The maximum atomic E-state index is 14.7. The average Bonchev–Trinajstić information content (AvgIpc) is 3.23. The largest absolute Gasteiger partial charge is 0.496 e. The van der Waals surface area contributed by atoms with Crippen molar-refractivity contribution in [2.24, 2.45) is 29.1 Å². The Labute approximate surface area is 248 Å². The van der Waals surface area contributed by atoms with E-state index >= 15 is 0 Å². The van der Waals surface area contributed by atoms with Crippen LogP contribution in [0.25, 0.3) is 0 Å². The lowest BCUT2D eigenvalue weighted by Gasteiger charge is -2.62. The Morgan fingerprint density at radius 3 is 2.19 bits per heavy atom.